The van der Waals surface area contributed by atoms with Gasteiger partial charge in [0.2, 0.25) is 0 Å². The van der Waals surface area contributed by atoms with Gasteiger partial charge >= 0.3 is 0 Å². The van der Waals surface area contributed by atoms with Gasteiger partial charge in [-0.3, -0.25) is 0 Å². The van der Waals surface area contributed by atoms with Gasteiger partial charge < -0.3 is 5.73 Å². The molecule has 2 heterocycles. The van der Waals surface area contributed by atoms with Crippen LogP contribution in [-0.2, 0) is 11.5 Å². The summed E-state index contributed by atoms with van der Waals surface area (Å²) >= 11 is 1.78. The summed E-state index contributed by atoms with van der Waals surface area (Å²) < 4.78 is 15.1. The minimum Gasteiger partial charge on any atom is -0.383 e. The molecule has 1 aromatic heterocycles. The SMILES string of the molecule is Nc1c2c(nn1-c1ccccc1F)CSC2. The van der Waals surface area contributed by atoms with E-state index >= 15 is 0 Å². The van der Waals surface area contributed by atoms with Gasteiger partial charge in [-0.2, -0.15) is 16.9 Å². The molecule has 0 fully saturated rings. The van der Waals surface area contributed by atoms with Gasteiger partial charge in [0.25, 0.3) is 0 Å². The number of nitrogen functional groups attached to an aromatic ring is 1. The number of thioether (sulfide) groups is 1. The molecule has 0 spiro atoms. The number of halogens is 1. The molecule has 0 bridgehead atoms. The number of nitrogens with zero attached hydrogens (tertiary/aromatic N) is 2. The number of fused-ring (bicyclic) bond motifs is 1. The third-order valence-electron chi connectivity index (χ3n) is 2.67. The molecular weight excluding hydrogens is 225 g/mol. The first-order valence-corrected chi connectivity index (χ1v) is 6.11. The third kappa shape index (κ3) is 1.31. The summed E-state index contributed by atoms with van der Waals surface area (Å²) in [5, 5.41) is 4.35. The Hall–Kier alpha value is -1.49. The van der Waals surface area contributed by atoms with Gasteiger partial charge in [0, 0.05) is 17.1 Å². The Morgan fingerprint density at radius 2 is 2.12 bits per heavy atom. The lowest BCUT2D eigenvalue weighted by molar-refractivity contribution is 0.611. The lowest BCUT2D eigenvalue weighted by Crippen LogP contribution is -2.05. The van der Waals surface area contributed by atoms with E-state index in [0.717, 1.165) is 22.8 Å². The summed E-state index contributed by atoms with van der Waals surface area (Å²) in [7, 11) is 0. The molecule has 0 aliphatic carbocycles. The maximum absolute atomic E-state index is 13.6. The zero-order valence-corrected chi connectivity index (χ0v) is 9.30. The van der Waals surface area contributed by atoms with Crippen LogP contribution in [0.3, 0.4) is 0 Å². The van der Waals surface area contributed by atoms with Gasteiger partial charge in [-0.15, -0.1) is 0 Å². The van der Waals surface area contributed by atoms with Crippen LogP contribution in [0.2, 0.25) is 0 Å². The molecule has 82 valence electrons. The molecule has 16 heavy (non-hydrogen) atoms. The van der Waals surface area contributed by atoms with E-state index in [4.69, 9.17) is 5.73 Å². The quantitative estimate of drug-likeness (QED) is 0.825. The zero-order valence-electron chi connectivity index (χ0n) is 8.48. The number of benzene rings is 1. The number of hydrogen-bond donors (Lipinski definition) is 1. The fourth-order valence-corrected chi connectivity index (χ4v) is 2.89. The standard InChI is InChI=1S/C11H10FN3S/c12-8-3-1-2-4-10(8)15-11(13)7-5-16-6-9(7)14-15/h1-4H,5-6,13H2. The van der Waals surface area contributed by atoms with Crippen LogP contribution in [0.1, 0.15) is 11.3 Å². The second-order valence-electron chi connectivity index (χ2n) is 3.67. The Kier molecular flexibility index (Phi) is 2.14. The summed E-state index contributed by atoms with van der Waals surface area (Å²) in [5.74, 6) is 1.99. The van der Waals surface area contributed by atoms with Crippen LogP contribution in [0.15, 0.2) is 24.3 Å². The number of nitrogens with two attached hydrogens (primary N) is 1. The van der Waals surface area contributed by atoms with Crippen LogP contribution in [0.25, 0.3) is 5.69 Å². The van der Waals surface area contributed by atoms with Crippen molar-refractivity contribution in [2.24, 2.45) is 0 Å². The molecule has 2 N–H and O–H groups in total. The molecule has 2 aromatic rings. The van der Waals surface area contributed by atoms with E-state index in [0.29, 0.717) is 11.5 Å². The largest absolute Gasteiger partial charge is 0.383 e. The number of para-hydroxylation sites is 1. The molecular formula is C11H10FN3S. The molecule has 0 saturated carbocycles. The molecule has 1 aromatic carbocycles. The summed E-state index contributed by atoms with van der Waals surface area (Å²) in [6.07, 6.45) is 0. The van der Waals surface area contributed by atoms with Crippen molar-refractivity contribution in [1.29, 1.82) is 0 Å². The maximum Gasteiger partial charge on any atom is 0.148 e. The summed E-state index contributed by atoms with van der Waals surface area (Å²) in [6.45, 7) is 0. The molecule has 0 saturated heterocycles. The Balaban J connectivity index is 2.18. The lowest BCUT2D eigenvalue weighted by atomic mass is 10.3. The van der Waals surface area contributed by atoms with Crippen molar-refractivity contribution < 1.29 is 4.39 Å². The second kappa shape index (κ2) is 3.52. The molecule has 1 aliphatic heterocycles. The van der Waals surface area contributed by atoms with Crippen molar-refractivity contribution >= 4 is 17.6 Å². The highest BCUT2D eigenvalue weighted by molar-refractivity contribution is 7.98. The van der Waals surface area contributed by atoms with Gasteiger partial charge in [0.1, 0.15) is 17.3 Å². The molecule has 0 amide bonds. The van der Waals surface area contributed by atoms with E-state index in [1.807, 2.05) is 0 Å². The summed E-state index contributed by atoms with van der Waals surface area (Å²) in [5.41, 5.74) is 8.42. The highest BCUT2D eigenvalue weighted by atomic mass is 32.2. The molecule has 1 aliphatic rings. The topological polar surface area (TPSA) is 43.8 Å². The van der Waals surface area contributed by atoms with Crippen LogP contribution in [-0.4, -0.2) is 9.78 Å². The average Bonchev–Trinajstić information content (AvgIpc) is 2.83. The first-order valence-electron chi connectivity index (χ1n) is 4.96. The van der Waals surface area contributed by atoms with Gasteiger partial charge in [-0.25, -0.2) is 9.07 Å². The van der Waals surface area contributed by atoms with Gasteiger partial charge in [-0.1, -0.05) is 12.1 Å². The van der Waals surface area contributed by atoms with Crippen LogP contribution in [0.4, 0.5) is 10.2 Å². The Morgan fingerprint density at radius 1 is 1.31 bits per heavy atom. The van der Waals surface area contributed by atoms with Crippen molar-refractivity contribution in [1.82, 2.24) is 9.78 Å². The van der Waals surface area contributed by atoms with Crippen molar-refractivity contribution in [3.8, 4) is 5.69 Å². The third-order valence-corrected chi connectivity index (χ3v) is 3.64. The molecule has 3 rings (SSSR count). The Morgan fingerprint density at radius 3 is 2.88 bits per heavy atom. The van der Waals surface area contributed by atoms with Gasteiger partial charge in [0.05, 0.1) is 5.69 Å². The zero-order chi connectivity index (χ0) is 11.1. The predicted octanol–water partition coefficient (Wildman–Crippen LogP) is 2.34. The molecule has 0 radical (unpaired) electrons. The van der Waals surface area contributed by atoms with Crippen molar-refractivity contribution in [2.45, 2.75) is 11.5 Å². The van der Waals surface area contributed by atoms with Crippen LogP contribution in [0, 0.1) is 5.82 Å². The second-order valence-corrected chi connectivity index (χ2v) is 4.65. The predicted molar refractivity (Wildman–Crippen MR) is 62.9 cm³/mol. The Bertz CT molecular complexity index is 550. The highest BCUT2D eigenvalue weighted by Crippen LogP contribution is 2.34. The molecule has 3 nitrogen and oxygen atoms in total. The van der Waals surface area contributed by atoms with Gasteiger partial charge in [0.15, 0.2) is 0 Å². The normalized spacial score (nSPS) is 14.1. The first kappa shape index (κ1) is 9.72. The first-order chi connectivity index (χ1) is 7.77. The van der Waals surface area contributed by atoms with Gasteiger partial charge in [-0.05, 0) is 12.1 Å². The molecule has 0 atom stereocenters. The number of anilines is 1. The van der Waals surface area contributed by atoms with E-state index in [9.17, 15) is 4.39 Å². The highest BCUT2D eigenvalue weighted by Gasteiger charge is 2.22. The van der Waals surface area contributed by atoms with Crippen LogP contribution >= 0.6 is 11.8 Å². The minimum absolute atomic E-state index is 0.303. The van der Waals surface area contributed by atoms with Crippen LogP contribution < -0.4 is 5.73 Å². The van der Waals surface area contributed by atoms with E-state index < -0.39 is 0 Å². The van der Waals surface area contributed by atoms with E-state index in [1.54, 1.807) is 30.0 Å². The lowest BCUT2D eigenvalue weighted by Gasteiger charge is -2.05. The van der Waals surface area contributed by atoms with E-state index in [-0.39, 0.29) is 5.82 Å². The number of hydrogen-bond acceptors (Lipinski definition) is 3. The van der Waals surface area contributed by atoms with E-state index in [2.05, 4.69) is 5.10 Å². The molecule has 5 heteroatoms. The number of rotatable bonds is 1. The monoisotopic (exact) mass is 235 g/mol. The van der Waals surface area contributed by atoms with Crippen LogP contribution in [0.5, 0.6) is 0 Å². The van der Waals surface area contributed by atoms with Crippen molar-refractivity contribution in [3.05, 3.63) is 41.3 Å². The van der Waals surface area contributed by atoms with Crippen molar-refractivity contribution in [2.75, 3.05) is 5.73 Å². The smallest absolute Gasteiger partial charge is 0.148 e. The number of aromatic nitrogens is 2. The fourth-order valence-electron chi connectivity index (χ4n) is 1.84. The molecule has 0 unspecified atom stereocenters. The Labute approximate surface area is 96.4 Å². The summed E-state index contributed by atoms with van der Waals surface area (Å²) in [6, 6.07) is 6.53. The minimum atomic E-state index is -0.303. The van der Waals surface area contributed by atoms with Crippen molar-refractivity contribution in [3.63, 3.8) is 0 Å². The average molecular weight is 235 g/mol. The summed E-state index contributed by atoms with van der Waals surface area (Å²) in [4.78, 5) is 0. The maximum atomic E-state index is 13.6. The fraction of sp³-hybridized carbons (Fsp3) is 0.182. The van der Waals surface area contributed by atoms with E-state index in [1.165, 1.54) is 10.7 Å².